The molecule has 1 aromatic carbocycles. The van der Waals surface area contributed by atoms with Crippen molar-refractivity contribution >= 4 is 11.7 Å². The fraction of sp³-hybridized carbons (Fsp3) is 0.533. The van der Waals surface area contributed by atoms with Gasteiger partial charge in [0.05, 0.1) is 5.92 Å². The minimum Gasteiger partial charge on any atom is -0.481 e. The van der Waals surface area contributed by atoms with Crippen LogP contribution in [0, 0.1) is 11.8 Å². The Morgan fingerprint density at radius 1 is 1.33 bits per heavy atom. The molecule has 2 unspecified atom stereocenters. The van der Waals surface area contributed by atoms with E-state index < -0.39 is 5.97 Å². The first-order valence-corrected chi connectivity index (χ1v) is 6.74. The average molecular weight is 247 g/mol. The van der Waals surface area contributed by atoms with Crippen LogP contribution in [0.25, 0.3) is 0 Å². The van der Waals surface area contributed by atoms with Gasteiger partial charge in [-0.3, -0.25) is 4.79 Å². The summed E-state index contributed by atoms with van der Waals surface area (Å²) in [6, 6.07) is 6.38. The van der Waals surface area contributed by atoms with E-state index in [1.807, 2.05) is 0 Å². The molecule has 1 fully saturated rings. The molecule has 2 rings (SSSR count). The summed E-state index contributed by atoms with van der Waals surface area (Å²) in [5, 5.41) is 12.4. The molecule has 2 atom stereocenters. The molecule has 1 aliphatic rings. The van der Waals surface area contributed by atoms with Gasteiger partial charge in [0.2, 0.25) is 0 Å². The minimum atomic E-state index is -0.652. The van der Waals surface area contributed by atoms with Crippen molar-refractivity contribution in [3.63, 3.8) is 0 Å². The summed E-state index contributed by atoms with van der Waals surface area (Å²) in [6.45, 7) is 5.08. The van der Waals surface area contributed by atoms with Gasteiger partial charge in [-0.2, -0.15) is 0 Å². The number of hydrogen-bond donors (Lipinski definition) is 2. The number of rotatable bonds is 6. The van der Waals surface area contributed by atoms with Crippen molar-refractivity contribution in [3.05, 3.63) is 29.3 Å². The van der Waals surface area contributed by atoms with Crippen LogP contribution in [0.2, 0.25) is 0 Å². The quantitative estimate of drug-likeness (QED) is 0.812. The van der Waals surface area contributed by atoms with E-state index in [0.29, 0.717) is 5.92 Å². The van der Waals surface area contributed by atoms with E-state index in [0.717, 1.165) is 25.8 Å². The van der Waals surface area contributed by atoms with Crippen molar-refractivity contribution in [2.45, 2.75) is 33.1 Å². The van der Waals surface area contributed by atoms with Crippen molar-refractivity contribution in [3.8, 4) is 0 Å². The van der Waals surface area contributed by atoms with Crippen LogP contribution in [0.5, 0.6) is 0 Å². The standard InChI is InChI=1S/C15H21NO2/c1-3-10-6-5-7-11(4-2)14(10)16-9-12-8-13(12)15(17)18/h5-7,12-13,16H,3-4,8-9H2,1-2H3,(H,17,18). The van der Waals surface area contributed by atoms with Crippen molar-refractivity contribution in [2.75, 3.05) is 11.9 Å². The van der Waals surface area contributed by atoms with Gasteiger partial charge in [0.15, 0.2) is 0 Å². The van der Waals surface area contributed by atoms with E-state index in [9.17, 15) is 4.79 Å². The normalized spacial score (nSPS) is 21.7. The molecule has 2 N–H and O–H groups in total. The lowest BCUT2D eigenvalue weighted by Crippen LogP contribution is -2.11. The summed E-state index contributed by atoms with van der Waals surface area (Å²) >= 11 is 0. The lowest BCUT2D eigenvalue weighted by atomic mass is 10.0. The zero-order valence-electron chi connectivity index (χ0n) is 11.1. The summed E-state index contributed by atoms with van der Waals surface area (Å²) in [5.74, 6) is -0.477. The minimum absolute atomic E-state index is 0.128. The molecule has 0 saturated heterocycles. The second-order valence-electron chi connectivity index (χ2n) is 4.98. The van der Waals surface area contributed by atoms with Gasteiger partial charge in [-0.1, -0.05) is 32.0 Å². The second kappa shape index (κ2) is 5.42. The molecule has 0 spiro atoms. The first-order valence-electron chi connectivity index (χ1n) is 6.74. The van der Waals surface area contributed by atoms with Gasteiger partial charge in [0.1, 0.15) is 0 Å². The highest BCUT2D eigenvalue weighted by atomic mass is 16.4. The van der Waals surface area contributed by atoms with Crippen LogP contribution in [-0.2, 0) is 17.6 Å². The number of benzene rings is 1. The molecule has 0 heterocycles. The van der Waals surface area contributed by atoms with Crippen LogP contribution in [0.1, 0.15) is 31.4 Å². The lowest BCUT2D eigenvalue weighted by Gasteiger charge is -2.15. The molecule has 3 heteroatoms. The maximum atomic E-state index is 10.8. The average Bonchev–Trinajstić information content (AvgIpc) is 3.15. The van der Waals surface area contributed by atoms with E-state index in [4.69, 9.17) is 5.11 Å². The zero-order chi connectivity index (χ0) is 13.1. The van der Waals surface area contributed by atoms with E-state index in [1.54, 1.807) is 0 Å². The highest BCUT2D eigenvalue weighted by Crippen LogP contribution is 2.39. The van der Waals surface area contributed by atoms with E-state index >= 15 is 0 Å². The third kappa shape index (κ3) is 2.66. The Balaban J connectivity index is 2.02. The van der Waals surface area contributed by atoms with Gasteiger partial charge in [-0.15, -0.1) is 0 Å². The molecule has 1 saturated carbocycles. The molecular weight excluding hydrogens is 226 g/mol. The van der Waals surface area contributed by atoms with Crippen molar-refractivity contribution < 1.29 is 9.90 Å². The van der Waals surface area contributed by atoms with Crippen LogP contribution in [0.3, 0.4) is 0 Å². The molecule has 0 amide bonds. The number of carboxylic acids is 1. The SMILES string of the molecule is CCc1cccc(CC)c1NCC1CC1C(=O)O. The number of aryl methyl sites for hydroxylation is 2. The Morgan fingerprint density at radius 3 is 2.39 bits per heavy atom. The summed E-state index contributed by atoms with van der Waals surface area (Å²) < 4.78 is 0. The first-order chi connectivity index (χ1) is 8.67. The van der Waals surface area contributed by atoms with Gasteiger partial charge in [0.25, 0.3) is 0 Å². The summed E-state index contributed by atoms with van der Waals surface area (Å²) in [4.78, 5) is 10.8. The maximum absolute atomic E-state index is 10.8. The van der Waals surface area contributed by atoms with Gasteiger partial charge in [0, 0.05) is 12.2 Å². The zero-order valence-corrected chi connectivity index (χ0v) is 11.1. The largest absolute Gasteiger partial charge is 0.481 e. The smallest absolute Gasteiger partial charge is 0.306 e. The molecule has 18 heavy (non-hydrogen) atoms. The fourth-order valence-electron chi connectivity index (χ4n) is 2.48. The van der Waals surface area contributed by atoms with Gasteiger partial charge in [-0.25, -0.2) is 0 Å². The molecule has 3 nitrogen and oxygen atoms in total. The van der Waals surface area contributed by atoms with E-state index in [2.05, 4.69) is 37.4 Å². The van der Waals surface area contributed by atoms with Crippen LogP contribution in [0.4, 0.5) is 5.69 Å². The van der Waals surface area contributed by atoms with E-state index in [1.165, 1.54) is 16.8 Å². The summed E-state index contributed by atoms with van der Waals surface area (Å²) in [5.41, 5.74) is 3.86. The Kier molecular flexibility index (Phi) is 3.90. The third-order valence-electron chi connectivity index (χ3n) is 3.78. The van der Waals surface area contributed by atoms with Crippen LogP contribution in [0.15, 0.2) is 18.2 Å². The topological polar surface area (TPSA) is 49.3 Å². The number of para-hydroxylation sites is 1. The molecule has 1 aliphatic carbocycles. The van der Waals surface area contributed by atoms with Crippen LogP contribution < -0.4 is 5.32 Å². The van der Waals surface area contributed by atoms with Crippen molar-refractivity contribution in [2.24, 2.45) is 11.8 Å². The molecule has 1 aromatic rings. The Morgan fingerprint density at radius 2 is 1.94 bits per heavy atom. The predicted molar refractivity (Wildman–Crippen MR) is 72.9 cm³/mol. The third-order valence-corrected chi connectivity index (χ3v) is 3.78. The first kappa shape index (κ1) is 12.9. The molecule has 98 valence electrons. The Labute approximate surface area is 108 Å². The van der Waals surface area contributed by atoms with E-state index in [-0.39, 0.29) is 5.92 Å². The lowest BCUT2D eigenvalue weighted by molar-refractivity contribution is -0.138. The summed E-state index contributed by atoms with van der Waals surface area (Å²) in [7, 11) is 0. The molecule has 0 aliphatic heterocycles. The fourth-order valence-corrected chi connectivity index (χ4v) is 2.48. The molecule has 0 bridgehead atoms. The number of aliphatic carboxylic acids is 1. The van der Waals surface area contributed by atoms with Gasteiger partial charge < -0.3 is 10.4 Å². The maximum Gasteiger partial charge on any atom is 0.306 e. The Hall–Kier alpha value is -1.51. The monoisotopic (exact) mass is 247 g/mol. The van der Waals surface area contributed by atoms with Crippen molar-refractivity contribution in [1.82, 2.24) is 0 Å². The molecular formula is C15H21NO2. The van der Waals surface area contributed by atoms with Crippen LogP contribution >= 0.6 is 0 Å². The molecule has 0 aromatic heterocycles. The number of carbonyl (C=O) groups is 1. The summed E-state index contributed by atoms with van der Waals surface area (Å²) in [6.07, 6.45) is 2.82. The Bertz CT molecular complexity index is 420. The van der Waals surface area contributed by atoms with Crippen molar-refractivity contribution in [1.29, 1.82) is 0 Å². The second-order valence-corrected chi connectivity index (χ2v) is 4.98. The number of anilines is 1. The van der Waals surface area contributed by atoms with Gasteiger partial charge >= 0.3 is 5.97 Å². The number of carboxylic acid groups (broad SMARTS) is 1. The predicted octanol–water partition coefficient (Wildman–Crippen LogP) is 2.94. The molecule has 0 radical (unpaired) electrons. The van der Waals surface area contributed by atoms with Crippen LogP contribution in [-0.4, -0.2) is 17.6 Å². The van der Waals surface area contributed by atoms with Gasteiger partial charge in [-0.05, 0) is 36.3 Å². The number of hydrogen-bond acceptors (Lipinski definition) is 2. The number of nitrogens with one attached hydrogen (secondary N) is 1. The highest BCUT2D eigenvalue weighted by Gasteiger charge is 2.42. The highest BCUT2D eigenvalue weighted by molar-refractivity contribution is 5.73.